The first kappa shape index (κ1) is 12.3. The van der Waals surface area contributed by atoms with Crippen LogP contribution in [0.25, 0.3) is 0 Å². The largest absolute Gasteiger partial charge is 0.481 e. The van der Waals surface area contributed by atoms with Gasteiger partial charge in [-0.05, 0) is 13.3 Å². The Morgan fingerprint density at radius 2 is 2.11 bits per heavy atom. The van der Waals surface area contributed by atoms with Gasteiger partial charge in [-0.25, -0.2) is 4.79 Å². The van der Waals surface area contributed by atoms with Crippen molar-refractivity contribution in [2.45, 2.75) is 18.9 Å². The first-order valence-corrected chi connectivity index (χ1v) is 5.51. The molecule has 0 aromatic rings. The summed E-state index contributed by atoms with van der Waals surface area (Å²) >= 11 is 0. The Hall–Kier alpha value is -2.12. The van der Waals surface area contributed by atoms with Gasteiger partial charge in [-0.2, -0.15) is 0 Å². The van der Waals surface area contributed by atoms with Gasteiger partial charge in [0.25, 0.3) is 5.91 Å². The number of amides is 4. The van der Waals surface area contributed by atoms with Crippen molar-refractivity contribution in [3.63, 3.8) is 0 Å². The van der Waals surface area contributed by atoms with Crippen LogP contribution in [0.2, 0.25) is 0 Å². The third-order valence-electron chi connectivity index (χ3n) is 3.34. The van der Waals surface area contributed by atoms with E-state index in [2.05, 4.69) is 10.6 Å². The molecule has 2 unspecified atom stereocenters. The van der Waals surface area contributed by atoms with E-state index in [-0.39, 0.29) is 13.1 Å². The van der Waals surface area contributed by atoms with Crippen LogP contribution in [0.15, 0.2) is 0 Å². The molecule has 0 radical (unpaired) electrons. The molecule has 3 N–H and O–H groups in total. The Morgan fingerprint density at radius 1 is 1.44 bits per heavy atom. The highest BCUT2D eigenvalue weighted by Gasteiger charge is 2.52. The fraction of sp³-hybridized carbons (Fsp3) is 0.600. The first-order valence-electron chi connectivity index (χ1n) is 5.51. The van der Waals surface area contributed by atoms with E-state index < -0.39 is 35.3 Å². The first-order chi connectivity index (χ1) is 8.35. The van der Waals surface area contributed by atoms with Gasteiger partial charge in [0.05, 0.1) is 6.54 Å². The number of aliphatic carboxylic acids is 1. The van der Waals surface area contributed by atoms with Crippen LogP contribution in [0.1, 0.15) is 13.3 Å². The quantitative estimate of drug-likeness (QED) is 0.411. The van der Waals surface area contributed by atoms with Crippen molar-refractivity contribution >= 4 is 23.8 Å². The predicted octanol–water partition coefficient (Wildman–Crippen LogP) is -1.48. The highest BCUT2D eigenvalue weighted by molar-refractivity contribution is 6.08. The molecule has 2 aliphatic rings. The molecule has 0 bridgehead atoms. The second-order valence-corrected chi connectivity index (χ2v) is 4.56. The molecule has 8 nitrogen and oxygen atoms in total. The zero-order chi connectivity index (χ0) is 13.5. The maximum absolute atomic E-state index is 11.8. The van der Waals surface area contributed by atoms with Gasteiger partial charge in [0, 0.05) is 6.54 Å². The van der Waals surface area contributed by atoms with Crippen LogP contribution in [0.3, 0.4) is 0 Å². The summed E-state index contributed by atoms with van der Waals surface area (Å²) in [6.07, 6.45) is 0.294. The summed E-state index contributed by atoms with van der Waals surface area (Å²) in [6.45, 7) is 1.56. The molecule has 2 aliphatic heterocycles. The van der Waals surface area contributed by atoms with Gasteiger partial charge < -0.3 is 15.3 Å². The monoisotopic (exact) mass is 255 g/mol. The number of carboxylic acids is 1. The lowest BCUT2D eigenvalue weighted by molar-refractivity contribution is -0.149. The number of rotatable bonds is 2. The summed E-state index contributed by atoms with van der Waals surface area (Å²) in [5.74, 6) is -3.37. The molecule has 8 heteroatoms. The molecular formula is C10H13N3O5. The lowest BCUT2D eigenvalue weighted by atomic mass is 9.99. The Kier molecular flexibility index (Phi) is 2.72. The van der Waals surface area contributed by atoms with E-state index in [0.717, 1.165) is 0 Å². The van der Waals surface area contributed by atoms with Crippen LogP contribution in [0.4, 0.5) is 4.79 Å². The molecule has 0 aliphatic carbocycles. The summed E-state index contributed by atoms with van der Waals surface area (Å²) in [6, 6.07) is -0.583. The third-order valence-corrected chi connectivity index (χ3v) is 3.34. The topological polar surface area (TPSA) is 116 Å². The smallest absolute Gasteiger partial charge is 0.322 e. The maximum Gasteiger partial charge on any atom is 0.322 e. The normalized spacial score (nSPS) is 28.2. The Morgan fingerprint density at radius 3 is 2.61 bits per heavy atom. The summed E-state index contributed by atoms with van der Waals surface area (Å²) in [4.78, 5) is 46.6. The maximum atomic E-state index is 11.8. The number of nitrogens with one attached hydrogen (secondary N) is 2. The molecule has 2 fully saturated rings. The van der Waals surface area contributed by atoms with E-state index in [1.54, 1.807) is 0 Å². The van der Waals surface area contributed by atoms with Gasteiger partial charge in [-0.1, -0.05) is 0 Å². The minimum atomic E-state index is -1.21. The molecule has 2 heterocycles. The number of carbonyl (C=O) groups is 4. The van der Waals surface area contributed by atoms with Crippen molar-refractivity contribution in [2.75, 3.05) is 13.1 Å². The lowest BCUT2D eigenvalue weighted by Gasteiger charge is -2.22. The van der Waals surface area contributed by atoms with E-state index >= 15 is 0 Å². The van der Waals surface area contributed by atoms with Crippen molar-refractivity contribution < 1.29 is 24.3 Å². The zero-order valence-corrected chi connectivity index (χ0v) is 9.73. The summed E-state index contributed by atoms with van der Waals surface area (Å²) in [5.41, 5.74) is -1.09. The predicted molar refractivity (Wildman–Crippen MR) is 57.4 cm³/mol. The van der Waals surface area contributed by atoms with E-state index in [1.165, 1.54) is 11.8 Å². The number of carbonyl (C=O) groups excluding carboxylic acids is 3. The van der Waals surface area contributed by atoms with Crippen LogP contribution >= 0.6 is 0 Å². The highest BCUT2D eigenvalue weighted by atomic mass is 16.4. The van der Waals surface area contributed by atoms with Gasteiger partial charge in [-0.15, -0.1) is 0 Å². The summed E-state index contributed by atoms with van der Waals surface area (Å²) < 4.78 is 0. The van der Waals surface area contributed by atoms with Crippen LogP contribution in [0, 0.1) is 5.92 Å². The Labute approximate surface area is 102 Å². The van der Waals surface area contributed by atoms with Gasteiger partial charge in [0.2, 0.25) is 5.91 Å². The molecule has 2 atom stereocenters. The van der Waals surface area contributed by atoms with Crippen LogP contribution in [-0.4, -0.2) is 52.4 Å². The number of likely N-dealkylation sites (tertiary alicyclic amines) is 1. The van der Waals surface area contributed by atoms with E-state index in [1.807, 2.05) is 0 Å². The Bertz CT molecular complexity index is 449. The molecular weight excluding hydrogens is 242 g/mol. The number of carboxylic acid groups (broad SMARTS) is 1. The minimum Gasteiger partial charge on any atom is -0.481 e. The van der Waals surface area contributed by atoms with Crippen molar-refractivity contribution in [2.24, 2.45) is 5.92 Å². The van der Waals surface area contributed by atoms with E-state index in [0.29, 0.717) is 6.42 Å². The highest BCUT2D eigenvalue weighted by Crippen LogP contribution is 2.25. The molecule has 1 spiro atoms. The van der Waals surface area contributed by atoms with E-state index in [9.17, 15) is 19.2 Å². The Balaban J connectivity index is 2.09. The molecule has 98 valence electrons. The summed E-state index contributed by atoms with van der Waals surface area (Å²) in [5, 5.41) is 13.4. The number of hydrogen-bond donors (Lipinski definition) is 3. The molecule has 2 rings (SSSR count). The number of imide groups is 1. The van der Waals surface area contributed by atoms with Crippen molar-refractivity contribution in [3.8, 4) is 0 Å². The molecule has 18 heavy (non-hydrogen) atoms. The zero-order valence-electron chi connectivity index (χ0n) is 9.73. The molecule has 0 aromatic heterocycles. The van der Waals surface area contributed by atoms with Crippen molar-refractivity contribution in [1.29, 1.82) is 0 Å². The van der Waals surface area contributed by atoms with Crippen LogP contribution < -0.4 is 10.6 Å². The van der Waals surface area contributed by atoms with Crippen molar-refractivity contribution in [1.82, 2.24) is 15.5 Å². The third kappa shape index (κ3) is 1.79. The van der Waals surface area contributed by atoms with Crippen molar-refractivity contribution in [3.05, 3.63) is 0 Å². The van der Waals surface area contributed by atoms with Gasteiger partial charge in [0.15, 0.2) is 0 Å². The average Bonchev–Trinajstić information content (AvgIpc) is 2.82. The number of nitrogens with zero attached hydrogens (tertiary/aromatic N) is 1. The standard InChI is InChI=1S/C10H13N3O5/c1-5(7(15)16)6(14)13-3-2-10(4-13)8(17)11-9(18)12-10/h5H,2-4H2,1H3,(H,15,16)(H2,11,12,17,18). The molecule has 4 amide bonds. The second-order valence-electron chi connectivity index (χ2n) is 4.56. The fourth-order valence-electron chi connectivity index (χ4n) is 2.19. The number of hydrogen-bond acceptors (Lipinski definition) is 4. The van der Waals surface area contributed by atoms with Crippen LogP contribution in [-0.2, 0) is 14.4 Å². The molecule has 0 aromatic carbocycles. The number of urea groups is 1. The SMILES string of the molecule is CC(C(=O)O)C(=O)N1CCC2(C1)NC(=O)NC2=O. The molecule has 0 saturated carbocycles. The van der Waals surface area contributed by atoms with Crippen LogP contribution in [0.5, 0.6) is 0 Å². The van der Waals surface area contributed by atoms with E-state index in [4.69, 9.17) is 5.11 Å². The minimum absolute atomic E-state index is 0.0149. The summed E-state index contributed by atoms with van der Waals surface area (Å²) in [7, 11) is 0. The van der Waals surface area contributed by atoms with Gasteiger partial charge in [0.1, 0.15) is 11.5 Å². The van der Waals surface area contributed by atoms with Gasteiger partial charge in [-0.3, -0.25) is 19.7 Å². The average molecular weight is 255 g/mol. The molecule has 2 saturated heterocycles. The fourth-order valence-corrected chi connectivity index (χ4v) is 2.19. The lowest BCUT2D eigenvalue weighted by Crippen LogP contribution is -2.50. The second kappa shape index (κ2) is 3.97. The van der Waals surface area contributed by atoms with Gasteiger partial charge >= 0.3 is 12.0 Å².